The van der Waals surface area contributed by atoms with Crippen molar-refractivity contribution < 1.29 is 9.53 Å². The van der Waals surface area contributed by atoms with Crippen LogP contribution in [0.5, 0.6) is 0 Å². The minimum atomic E-state index is -0.291. The number of benzene rings is 1. The van der Waals surface area contributed by atoms with E-state index in [0.717, 1.165) is 35.3 Å². The third-order valence-corrected chi connectivity index (χ3v) is 3.31. The topological polar surface area (TPSA) is 64.3 Å². The summed E-state index contributed by atoms with van der Waals surface area (Å²) in [5, 5.41) is 3.22. The Kier molecular flexibility index (Phi) is 3.75. The third-order valence-electron chi connectivity index (χ3n) is 3.31. The van der Waals surface area contributed by atoms with Crippen LogP contribution in [0, 0.1) is 6.92 Å². The predicted molar refractivity (Wildman–Crippen MR) is 72.6 cm³/mol. The van der Waals surface area contributed by atoms with Crippen LogP contribution in [0.4, 0.5) is 11.4 Å². The van der Waals surface area contributed by atoms with Crippen molar-refractivity contribution in [3.05, 3.63) is 23.3 Å². The van der Waals surface area contributed by atoms with E-state index < -0.39 is 0 Å². The minimum absolute atomic E-state index is 0.182. The largest absolute Gasteiger partial charge is 0.464 e. The lowest BCUT2D eigenvalue weighted by Crippen LogP contribution is -2.29. The number of esters is 1. The molecule has 98 valence electrons. The maximum Gasteiger partial charge on any atom is 0.328 e. The Balaban J connectivity index is 2.03. The van der Waals surface area contributed by atoms with Crippen LogP contribution in [-0.2, 0) is 16.0 Å². The quantitative estimate of drug-likeness (QED) is 0.487. The van der Waals surface area contributed by atoms with Crippen LogP contribution in [0.25, 0.3) is 0 Å². The standard InChI is InChI=1S/C14H20N2O2/c1-3-4-7-18-14(17)12-8-10-11(15)6-5-9(2)13(10)16-12/h5-6,12,16H,3-4,7-8,15H2,1-2H3. The van der Waals surface area contributed by atoms with E-state index in [9.17, 15) is 4.79 Å². The van der Waals surface area contributed by atoms with Crippen LogP contribution in [0.2, 0.25) is 0 Å². The van der Waals surface area contributed by atoms with Gasteiger partial charge in [-0.15, -0.1) is 0 Å². The number of nitrogen functional groups attached to an aromatic ring is 1. The molecule has 3 N–H and O–H groups in total. The lowest BCUT2D eigenvalue weighted by Gasteiger charge is -2.11. The lowest BCUT2D eigenvalue weighted by atomic mass is 10.0. The van der Waals surface area contributed by atoms with Gasteiger partial charge in [0.1, 0.15) is 6.04 Å². The van der Waals surface area contributed by atoms with E-state index >= 15 is 0 Å². The van der Waals surface area contributed by atoms with Crippen LogP contribution in [0.3, 0.4) is 0 Å². The molecule has 0 bridgehead atoms. The van der Waals surface area contributed by atoms with E-state index in [1.165, 1.54) is 0 Å². The fraction of sp³-hybridized carbons (Fsp3) is 0.500. The molecular weight excluding hydrogens is 228 g/mol. The normalized spacial score (nSPS) is 17.1. The van der Waals surface area contributed by atoms with Crippen molar-refractivity contribution in [3.63, 3.8) is 0 Å². The zero-order valence-corrected chi connectivity index (χ0v) is 11.0. The molecule has 1 aromatic rings. The number of nitrogens with two attached hydrogens (primary N) is 1. The van der Waals surface area contributed by atoms with Gasteiger partial charge in [-0.25, -0.2) is 4.79 Å². The summed E-state index contributed by atoms with van der Waals surface area (Å²) in [5.41, 5.74) is 9.82. The molecule has 1 aliphatic rings. The Bertz CT molecular complexity index is 426. The Morgan fingerprint density at radius 3 is 3.00 bits per heavy atom. The first kappa shape index (κ1) is 12.7. The fourth-order valence-corrected chi connectivity index (χ4v) is 2.19. The van der Waals surface area contributed by atoms with Gasteiger partial charge in [0.15, 0.2) is 0 Å². The minimum Gasteiger partial charge on any atom is -0.464 e. The first-order valence-corrected chi connectivity index (χ1v) is 6.44. The lowest BCUT2D eigenvalue weighted by molar-refractivity contribution is -0.144. The molecule has 1 heterocycles. The predicted octanol–water partition coefficient (Wildman–Crippen LogP) is 2.26. The van der Waals surface area contributed by atoms with Crippen LogP contribution < -0.4 is 11.1 Å². The monoisotopic (exact) mass is 248 g/mol. The molecule has 0 amide bonds. The first-order valence-electron chi connectivity index (χ1n) is 6.44. The number of rotatable bonds is 4. The first-order chi connectivity index (χ1) is 8.63. The average Bonchev–Trinajstić information content (AvgIpc) is 2.80. The van der Waals surface area contributed by atoms with Crippen molar-refractivity contribution in [2.75, 3.05) is 17.7 Å². The number of aryl methyl sites for hydroxylation is 1. The summed E-state index contributed by atoms with van der Waals surface area (Å²) in [4.78, 5) is 11.9. The maximum absolute atomic E-state index is 11.9. The highest BCUT2D eigenvalue weighted by Crippen LogP contribution is 2.33. The second-order valence-electron chi connectivity index (χ2n) is 4.75. The van der Waals surface area contributed by atoms with Gasteiger partial charge >= 0.3 is 5.97 Å². The Morgan fingerprint density at radius 1 is 1.56 bits per heavy atom. The van der Waals surface area contributed by atoms with Crippen LogP contribution >= 0.6 is 0 Å². The molecule has 0 aromatic heterocycles. The van der Waals surface area contributed by atoms with Gasteiger partial charge in [0.2, 0.25) is 0 Å². The summed E-state index contributed by atoms with van der Waals surface area (Å²) >= 11 is 0. The molecule has 0 radical (unpaired) electrons. The molecule has 1 aromatic carbocycles. The van der Waals surface area contributed by atoms with Gasteiger partial charge in [0, 0.05) is 23.4 Å². The molecule has 1 aliphatic heterocycles. The summed E-state index contributed by atoms with van der Waals surface area (Å²) < 4.78 is 5.24. The third kappa shape index (κ3) is 2.42. The molecule has 4 heteroatoms. The zero-order chi connectivity index (χ0) is 13.1. The molecule has 18 heavy (non-hydrogen) atoms. The van der Waals surface area contributed by atoms with Gasteiger partial charge in [-0.1, -0.05) is 19.4 Å². The van der Waals surface area contributed by atoms with Gasteiger partial charge in [-0.2, -0.15) is 0 Å². The van der Waals surface area contributed by atoms with Gasteiger partial charge < -0.3 is 15.8 Å². The van der Waals surface area contributed by atoms with E-state index in [1.54, 1.807) is 0 Å². The summed E-state index contributed by atoms with van der Waals surface area (Å²) in [6, 6.07) is 3.56. The molecule has 4 nitrogen and oxygen atoms in total. The SMILES string of the molecule is CCCCOC(=O)C1Cc2c(N)ccc(C)c2N1. The molecule has 0 saturated heterocycles. The van der Waals surface area contributed by atoms with Crippen molar-refractivity contribution in [3.8, 4) is 0 Å². The number of fused-ring (bicyclic) bond motifs is 1. The number of carbonyl (C=O) groups excluding carboxylic acids is 1. The molecule has 0 spiro atoms. The highest BCUT2D eigenvalue weighted by atomic mass is 16.5. The van der Waals surface area contributed by atoms with E-state index in [0.29, 0.717) is 13.0 Å². The second kappa shape index (κ2) is 5.29. The van der Waals surface area contributed by atoms with Crippen molar-refractivity contribution in [1.82, 2.24) is 0 Å². The summed E-state index contributed by atoms with van der Waals surface area (Å²) in [6.07, 6.45) is 2.55. The summed E-state index contributed by atoms with van der Waals surface area (Å²) in [6.45, 7) is 4.58. The zero-order valence-electron chi connectivity index (χ0n) is 11.0. The summed E-state index contributed by atoms with van der Waals surface area (Å²) in [7, 11) is 0. The van der Waals surface area contributed by atoms with Crippen molar-refractivity contribution in [1.29, 1.82) is 0 Å². The number of anilines is 2. The number of carbonyl (C=O) groups is 1. The number of unbranched alkanes of at least 4 members (excludes halogenated alkanes) is 1. The fourth-order valence-electron chi connectivity index (χ4n) is 2.19. The Hall–Kier alpha value is -1.71. The molecular formula is C14H20N2O2. The van der Waals surface area contributed by atoms with E-state index in [4.69, 9.17) is 10.5 Å². The molecule has 0 saturated carbocycles. The Labute approximate surface area is 108 Å². The van der Waals surface area contributed by atoms with E-state index in [1.807, 2.05) is 19.1 Å². The van der Waals surface area contributed by atoms with Gasteiger partial charge in [0.25, 0.3) is 0 Å². The number of nitrogens with one attached hydrogen (secondary N) is 1. The Morgan fingerprint density at radius 2 is 2.33 bits per heavy atom. The number of hydrogen-bond donors (Lipinski definition) is 2. The second-order valence-corrected chi connectivity index (χ2v) is 4.75. The van der Waals surface area contributed by atoms with Crippen molar-refractivity contribution in [2.45, 2.75) is 39.2 Å². The number of hydrogen-bond acceptors (Lipinski definition) is 4. The highest BCUT2D eigenvalue weighted by Gasteiger charge is 2.30. The van der Waals surface area contributed by atoms with Crippen LogP contribution in [-0.4, -0.2) is 18.6 Å². The van der Waals surface area contributed by atoms with Crippen molar-refractivity contribution in [2.24, 2.45) is 0 Å². The van der Waals surface area contributed by atoms with Crippen LogP contribution in [0.15, 0.2) is 12.1 Å². The molecule has 1 unspecified atom stereocenters. The maximum atomic E-state index is 11.9. The molecule has 1 atom stereocenters. The van der Waals surface area contributed by atoms with Crippen molar-refractivity contribution >= 4 is 17.3 Å². The average molecular weight is 248 g/mol. The smallest absolute Gasteiger partial charge is 0.328 e. The van der Waals surface area contributed by atoms with Crippen LogP contribution in [0.1, 0.15) is 30.9 Å². The van der Waals surface area contributed by atoms with E-state index in [2.05, 4.69) is 12.2 Å². The van der Waals surface area contributed by atoms with Gasteiger partial charge in [0.05, 0.1) is 6.61 Å². The van der Waals surface area contributed by atoms with Gasteiger partial charge in [-0.05, 0) is 25.0 Å². The highest BCUT2D eigenvalue weighted by molar-refractivity contribution is 5.85. The molecule has 2 rings (SSSR count). The van der Waals surface area contributed by atoms with Gasteiger partial charge in [-0.3, -0.25) is 0 Å². The summed E-state index contributed by atoms with van der Waals surface area (Å²) in [5.74, 6) is -0.182. The van der Waals surface area contributed by atoms with E-state index in [-0.39, 0.29) is 12.0 Å². The number of ether oxygens (including phenoxy) is 1. The molecule has 0 aliphatic carbocycles. The molecule has 0 fully saturated rings.